The third-order valence-electron chi connectivity index (χ3n) is 4.76. The van der Waals surface area contributed by atoms with Crippen LogP contribution < -0.4 is 19.5 Å². The van der Waals surface area contributed by atoms with Crippen LogP contribution in [0.1, 0.15) is 17.4 Å². The molecule has 8 nitrogen and oxygen atoms in total. The fraction of sp³-hybridized carbons (Fsp3) is 0.174. The molecule has 164 valence electrons. The number of rotatable bonds is 8. The van der Waals surface area contributed by atoms with Crippen LogP contribution in [0.5, 0.6) is 23.1 Å². The molecular weight excluding hydrogens is 413 g/mol. The summed E-state index contributed by atoms with van der Waals surface area (Å²) in [5.41, 5.74) is 0.851. The monoisotopic (exact) mass is 435 g/mol. The Morgan fingerprint density at radius 3 is 2.25 bits per heavy atom. The van der Waals surface area contributed by atoms with Gasteiger partial charge in [0.1, 0.15) is 34.9 Å². The summed E-state index contributed by atoms with van der Waals surface area (Å²) >= 11 is 0. The molecule has 0 fully saturated rings. The van der Waals surface area contributed by atoms with Crippen LogP contribution in [0.2, 0.25) is 0 Å². The molecular formula is C23H22FN5O3. The Morgan fingerprint density at radius 2 is 1.62 bits per heavy atom. The molecule has 4 aromatic rings. The van der Waals surface area contributed by atoms with Crippen molar-refractivity contribution >= 4 is 5.95 Å². The van der Waals surface area contributed by atoms with Crippen molar-refractivity contribution in [2.75, 3.05) is 19.5 Å². The van der Waals surface area contributed by atoms with Crippen molar-refractivity contribution in [3.63, 3.8) is 0 Å². The van der Waals surface area contributed by atoms with E-state index in [4.69, 9.17) is 14.2 Å². The zero-order chi connectivity index (χ0) is 22.5. The largest absolute Gasteiger partial charge is 0.497 e. The van der Waals surface area contributed by atoms with E-state index < -0.39 is 6.04 Å². The minimum atomic E-state index is -0.403. The highest BCUT2D eigenvalue weighted by Gasteiger charge is 2.21. The van der Waals surface area contributed by atoms with E-state index >= 15 is 0 Å². The molecule has 0 aliphatic rings. The second-order valence-corrected chi connectivity index (χ2v) is 6.89. The third kappa shape index (κ3) is 4.77. The van der Waals surface area contributed by atoms with Gasteiger partial charge in [-0.25, -0.2) is 14.4 Å². The zero-order valence-electron chi connectivity index (χ0n) is 17.8. The lowest BCUT2D eigenvalue weighted by molar-refractivity contribution is 0.393. The van der Waals surface area contributed by atoms with Gasteiger partial charge in [0, 0.05) is 37.8 Å². The number of benzene rings is 2. The summed E-state index contributed by atoms with van der Waals surface area (Å²) in [4.78, 5) is 13.3. The summed E-state index contributed by atoms with van der Waals surface area (Å²) in [6.45, 7) is 0. The Balaban J connectivity index is 1.67. The van der Waals surface area contributed by atoms with Gasteiger partial charge in [0.25, 0.3) is 0 Å². The van der Waals surface area contributed by atoms with Gasteiger partial charge in [0.2, 0.25) is 11.8 Å². The van der Waals surface area contributed by atoms with Gasteiger partial charge < -0.3 is 24.1 Å². The SMILES string of the molecule is COc1cc(OC)cc(C(Nc2nccc(Oc3ccc(F)cc3)n2)c2nccn2C)c1. The summed E-state index contributed by atoms with van der Waals surface area (Å²) in [5.74, 6) is 2.82. The highest BCUT2D eigenvalue weighted by atomic mass is 19.1. The molecule has 9 heteroatoms. The average Bonchev–Trinajstić information content (AvgIpc) is 3.24. The van der Waals surface area contributed by atoms with E-state index in [0.29, 0.717) is 29.1 Å². The van der Waals surface area contributed by atoms with E-state index in [1.807, 2.05) is 29.9 Å². The summed E-state index contributed by atoms with van der Waals surface area (Å²) in [6, 6.07) is 12.5. The molecule has 0 saturated heterocycles. The molecule has 2 aromatic heterocycles. The molecule has 0 radical (unpaired) electrons. The van der Waals surface area contributed by atoms with Crippen molar-refractivity contribution in [1.29, 1.82) is 0 Å². The number of hydrogen-bond donors (Lipinski definition) is 1. The predicted octanol–water partition coefficient (Wildman–Crippen LogP) is 4.36. The normalized spacial score (nSPS) is 11.6. The fourth-order valence-electron chi connectivity index (χ4n) is 3.17. The minimum Gasteiger partial charge on any atom is -0.497 e. The van der Waals surface area contributed by atoms with E-state index in [1.165, 1.54) is 24.3 Å². The Morgan fingerprint density at radius 1 is 0.906 bits per heavy atom. The average molecular weight is 435 g/mol. The van der Waals surface area contributed by atoms with Crippen molar-refractivity contribution in [2.45, 2.75) is 6.04 Å². The van der Waals surface area contributed by atoms with E-state index in [0.717, 1.165) is 11.4 Å². The number of halogens is 1. The molecule has 0 amide bonds. The molecule has 4 rings (SSSR count). The molecule has 0 spiro atoms. The Bertz CT molecular complexity index is 1170. The van der Waals surface area contributed by atoms with Gasteiger partial charge in [0.05, 0.1) is 14.2 Å². The lowest BCUT2D eigenvalue weighted by Gasteiger charge is -2.20. The second-order valence-electron chi connectivity index (χ2n) is 6.89. The minimum absolute atomic E-state index is 0.316. The van der Waals surface area contributed by atoms with Gasteiger partial charge in [-0.15, -0.1) is 0 Å². The smallest absolute Gasteiger partial charge is 0.226 e. The van der Waals surface area contributed by atoms with Crippen LogP contribution in [0, 0.1) is 5.82 Å². The van der Waals surface area contributed by atoms with Gasteiger partial charge in [-0.1, -0.05) is 0 Å². The first kappa shape index (κ1) is 21.1. The number of methoxy groups -OCH3 is 2. The summed E-state index contributed by atoms with van der Waals surface area (Å²) in [6.07, 6.45) is 5.16. The molecule has 0 bridgehead atoms. The quantitative estimate of drug-likeness (QED) is 0.440. The standard InChI is InChI=1S/C23H22FN5O3/c1-29-11-10-25-22(29)21(15-12-18(30-2)14-19(13-15)31-3)28-23-26-9-8-20(27-23)32-17-6-4-16(24)5-7-17/h4-14,21H,1-3H3,(H,26,27,28). The van der Waals surface area contributed by atoms with Gasteiger partial charge in [0.15, 0.2) is 0 Å². The van der Waals surface area contributed by atoms with Gasteiger partial charge >= 0.3 is 0 Å². The van der Waals surface area contributed by atoms with Crippen molar-refractivity contribution in [1.82, 2.24) is 19.5 Å². The molecule has 2 heterocycles. The van der Waals surface area contributed by atoms with Crippen LogP contribution in [0.4, 0.5) is 10.3 Å². The van der Waals surface area contributed by atoms with Crippen LogP contribution in [-0.4, -0.2) is 33.7 Å². The molecule has 32 heavy (non-hydrogen) atoms. The van der Waals surface area contributed by atoms with Crippen LogP contribution in [0.3, 0.4) is 0 Å². The maximum atomic E-state index is 13.2. The topological polar surface area (TPSA) is 83.3 Å². The van der Waals surface area contributed by atoms with Gasteiger partial charge in [-0.3, -0.25) is 0 Å². The maximum absolute atomic E-state index is 13.2. The van der Waals surface area contributed by atoms with Crippen LogP contribution >= 0.6 is 0 Å². The van der Waals surface area contributed by atoms with Crippen LogP contribution in [0.15, 0.2) is 67.1 Å². The molecule has 1 atom stereocenters. The summed E-state index contributed by atoms with van der Waals surface area (Å²) in [5, 5.41) is 3.32. The molecule has 1 unspecified atom stereocenters. The lowest BCUT2D eigenvalue weighted by Crippen LogP contribution is -2.18. The predicted molar refractivity (Wildman–Crippen MR) is 117 cm³/mol. The molecule has 0 aliphatic heterocycles. The number of hydrogen-bond acceptors (Lipinski definition) is 7. The van der Waals surface area contributed by atoms with Crippen molar-refractivity contribution in [3.8, 4) is 23.1 Å². The number of imidazole rings is 1. The highest BCUT2D eigenvalue weighted by molar-refractivity contribution is 5.45. The Hall–Kier alpha value is -4.14. The van der Waals surface area contributed by atoms with E-state index in [1.54, 1.807) is 38.7 Å². The zero-order valence-corrected chi connectivity index (χ0v) is 17.8. The first-order chi connectivity index (χ1) is 15.6. The lowest BCUT2D eigenvalue weighted by atomic mass is 10.1. The second kappa shape index (κ2) is 9.34. The molecule has 1 N–H and O–H groups in total. The van der Waals surface area contributed by atoms with Crippen molar-refractivity contribution in [3.05, 3.63) is 84.3 Å². The summed E-state index contributed by atoms with van der Waals surface area (Å²) in [7, 11) is 5.10. The Kier molecular flexibility index (Phi) is 6.16. The van der Waals surface area contributed by atoms with E-state index in [2.05, 4.69) is 20.3 Å². The van der Waals surface area contributed by atoms with Crippen molar-refractivity contribution in [2.24, 2.45) is 7.05 Å². The first-order valence-corrected chi connectivity index (χ1v) is 9.79. The third-order valence-corrected chi connectivity index (χ3v) is 4.76. The number of nitrogens with zero attached hydrogens (tertiary/aromatic N) is 4. The Labute approximate surface area is 184 Å². The van der Waals surface area contributed by atoms with E-state index in [-0.39, 0.29) is 5.82 Å². The van der Waals surface area contributed by atoms with Crippen LogP contribution in [-0.2, 0) is 7.05 Å². The number of aryl methyl sites for hydroxylation is 1. The molecule has 0 aliphatic carbocycles. The molecule has 0 saturated carbocycles. The highest BCUT2D eigenvalue weighted by Crippen LogP contribution is 2.31. The van der Waals surface area contributed by atoms with Crippen LogP contribution in [0.25, 0.3) is 0 Å². The number of nitrogens with one attached hydrogen (secondary N) is 1. The summed E-state index contributed by atoms with van der Waals surface area (Å²) < 4.78 is 31.6. The fourth-order valence-corrected chi connectivity index (χ4v) is 3.17. The van der Waals surface area contributed by atoms with Crippen molar-refractivity contribution < 1.29 is 18.6 Å². The van der Waals surface area contributed by atoms with E-state index in [9.17, 15) is 4.39 Å². The number of aromatic nitrogens is 4. The maximum Gasteiger partial charge on any atom is 0.226 e. The number of ether oxygens (including phenoxy) is 3. The molecule has 2 aromatic carbocycles. The van der Waals surface area contributed by atoms with Gasteiger partial charge in [-0.05, 0) is 42.0 Å². The van der Waals surface area contributed by atoms with Gasteiger partial charge in [-0.2, -0.15) is 4.98 Å². The first-order valence-electron chi connectivity index (χ1n) is 9.79. The number of anilines is 1.